The molecule has 2 amide bonds. The van der Waals surface area contributed by atoms with E-state index in [0.29, 0.717) is 17.8 Å². The Labute approximate surface area is 159 Å². The van der Waals surface area contributed by atoms with Crippen LogP contribution in [-0.4, -0.2) is 43.5 Å². The minimum atomic E-state index is -0.717. The van der Waals surface area contributed by atoms with Crippen molar-refractivity contribution in [3.05, 3.63) is 29.8 Å². The van der Waals surface area contributed by atoms with E-state index in [4.69, 9.17) is 4.74 Å². The summed E-state index contributed by atoms with van der Waals surface area (Å²) < 4.78 is 4.85. The summed E-state index contributed by atoms with van der Waals surface area (Å²) in [6.45, 7) is 5.20. The van der Waals surface area contributed by atoms with E-state index in [1.54, 1.807) is 38.1 Å². The summed E-state index contributed by atoms with van der Waals surface area (Å²) in [7, 11) is 0. The highest BCUT2D eigenvalue weighted by Gasteiger charge is 2.21. The summed E-state index contributed by atoms with van der Waals surface area (Å²) in [5.41, 5.74) is 1.05. The summed E-state index contributed by atoms with van der Waals surface area (Å²) in [5.74, 6) is -0.877. The standard InChI is InChI=1S/C18H25N3O4.ClH/c1-3-25-18(24)12(2)20-16(22)13-6-8-15(9-7-13)21-17(23)14-5-4-10-19-11-14;/h6-9,12,14,19H,3-5,10-11H2,1-2H3,(H,20,22)(H,21,23);1H. The first-order chi connectivity index (χ1) is 12.0. The summed E-state index contributed by atoms with van der Waals surface area (Å²) in [4.78, 5) is 35.9. The average Bonchev–Trinajstić information content (AvgIpc) is 2.63. The van der Waals surface area contributed by atoms with E-state index in [-0.39, 0.29) is 36.7 Å². The Morgan fingerprint density at radius 2 is 1.96 bits per heavy atom. The summed E-state index contributed by atoms with van der Waals surface area (Å²) in [6.07, 6.45) is 1.88. The van der Waals surface area contributed by atoms with Crippen LogP contribution in [0.4, 0.5) is 5.69 Å². The van der Waals surface area contributed by atoms with Crippen LogP contribution in [0.1, 0.15) is 37.0 Å². The van der Waals surface area contributed by atoms with Gasteiger partial charge in [-0.2, -0.15) is 0 Å². The molecule has 144 valence electrons. The van der Waals surface area contributed by atoms with Crippen molar-refractivity contribution in [1.29, 1.82) is 0 Å². The number of hydrogen-bond acceptors (Lipinski definition) is 5. The zero-order chi connectivity index (χ0) is 18.2. The Balaban J connectivity index is 0.00000338. The number of benzene rings is 1. The van der Waals surface area contributed by atoms with Gasteiger partial charge in [0.25, 0.3) is 5.91 Å². The predicted octanol–water partition coefficient (Wildman–Crippen LogP) is 1.73. The Morgan fingerprint density at radius 1 is 1.27 bits per heavy atom. The number of amides is 2. The van der Waals surface area contributed by atoms with Gasteiger partial charge < -0.3 is 20.7 Å². The van der Waals surface area contributed by atoms with Crippen molar-refractivity contribution in [3.63, 3.8) is 0 Å². The molecule has 2 atom stereocenters. The van der Waals surface area contributed by atoms with Crippen molar-refractivity contribution in [1.82, 2.24) is 10.6 Å². The van der Waals surface area contributed by atoms with Gasteiger partial charge in [0.05, 0.1) is 12.5 Å². The van der Waals surface area contributed by atoms with Gasteiger partial charge in [0.15, 0.2) is 0 Å². The molecule has 2 unspecified atom stereocenters. The van der Waals surface area contributed by atoms with Crippen LogP contribution in [-0.2, 0) is 14.3 Å². The molecule has 0 radical (unpaired) electrons. The van der Waals surface area contributed by atoms with E-state index in [0.717, 1.165) is 19.4 Å². The van der Waals surface area contributed by atoms with Gasteiger partial charge in [-0.25, -0.2) is 4.79 Å². The first-order valence-corrected chi connectivity index (χ1v) is 8.60. The van der Waals surface area contributed by atoms with Crippen molar-refractivity contribution in [2.24, 2.45) is 5.92 Å². The van der Waals surface area contributed by atoms with Crippen molar-refractivity contribution < 1.29 is 19.1 Å². The Morgan fingerprint density at radius 3 is 2.54 bits per heavy atom. The second-order valence-electron chi connectivity index (χ2n) is 6.06. The highest BCUT2D eigenvalue weighted by Crippen LogP contribution is 2.15. The number of carbonyl (C=O) groups excluding carboxylic acids is 3. The van der Waals surface area contributed by atoms with E-state index in [1.807, 2.05) is 0 Å². The Hall–Kier alpha value is -2.12. The third-order valence-corrected chi connectivity index (χ3v) is 4.07. The van der Waals surface area contributed by atoms with Crippen LogP contribution in [0.25, 0.3) is 0 Å². The Kier molecular flexibility index (Phi) is 9.09. The smallest absolute Gasteiger partial charge is 0.328 e. The maximum Gasteiger partial charge on any atom is 0.328 e. The monoisotopic (exact) mass is 383 g/mol. The molecular formula is C18H26ClN3O4. The van der Waals surface area contributed by atoms with Crippen LogP contribution in [0.3, 0.4) is 0 Å². The number of anilines is 1. The molecule has 1 aliphatic rings. The molecule has 8 heteroatoms. The van der Waals surface area contributed by atoms with Crippen LogP contribution in [0, 0.1) is 5.92 Å². The van der Waals surface area contributed by atoms with Crippen molar-refractivity contribution in [2.75, 3.05) is 25.0 Å². The molecule has 1 aromatic carbocycles. The highest BCUT2D eigenvalue weighted by molar-refractivity contribution is 5.98. The lowest BCUT2D eigenvalue weighted by atomic mass is 9.99. The molecule has 0 bridgehead atoms. The maximum atomic E-state index is 12.2. The van der Waals surface area contributed by atoms with E-state index in [1.165, 1.54) is 0 Å². The van der Waals surface area contributed by atoms with Gasteiger partial charge in [-0.1, -0.05) is 0 Å². The topological polar surface area (TPSA) is 96.5 Å². The fourth-order valence-corrected chi connectivity index (χ4v) is 2.63. The quantitative estimate of drug-likeness (QED) is 0.650. The minimum Gasteiger partial charge on any atom is -0.464 e. The lowest BCUT2D eigenvalue weighted by Crippen LogP contribution is -2.39. The second kappa shape index (κ2) is 10.8. The molecule has 7 nitrogen and oxygen atoms in total. The van der Waals surface area contributed by atoms with Gasteiger partial charge in [0, 0.05) is 17.8 Å². The average molecular weight is 384 g/mol. The third kappa shape index (κ3) is 6.31. The number of rotatable bonds is 6. The molecule has 1 aliphatic heterocycles. The van der Waals surface area contributed by atoms with E-state index < -0.39 is 12.0 Å². The third-order valence-electron chi connectivity index (χ3n) is 4.07. The molecule has 0 aromatic heterocycles. The number of piperidine rings is 1. The van der Waals surface area contributed by atoms with E-state index in [2.05, 4.69) is 16.0 Å². The van der Waals surface area contributed by atoms with Crippen LogP contribution >= 0.6 is 12.4 Å². The number of esters is 1. The lowest BCUT2D eigenvalue weighted by molar-refractivity contribution is -0.144. The van der Waals surface area contributed by atoms with Gasteiger partial charge in [-0.3, -0.25) is 9.59 Å². The van der Waals surface area contributed by atoms with E-state index in [9.17, 15) is 14.4 Å². The maximum absolute atomic E-state index is 12.2. The second-order valence-corrected chi connectivity index (χ2v) is 6.06. The summed E-state index contributed by atoms with van der Waals surface area (Å²) in [6, 6.07) is 5.87. The zero-order valence-electron chi connectivity index (χ0n) is 15.0. The molecule has 26 heavy (non-hydrogen) atoms. The lowest BCUT2D eigenvalue weighted by Gasteiger charge is -2.21. The molecular weight excluding hydrogens is 358 g/mol. The fraction of sp³-hybridized carbons (Fsp3) is 0.500. The van der Waals surface area contributed by atoms with Gasteiger partial charge >= 0.3 is 5.97 Å². The number of carbonyl (C=O) groups is 3. The highest BCUT2D eigenvalue weighted by atomic mass is 35.5. The van der Waals surface area contributed by atoms with Crippen molar-refractivity contribution in [2.45, 2.75) is 32.7 Å². The number of halogens is 1. The normalized spacial score (nSPS) is 17.4. The number of nitrogens with one attached hydrogen (secondary N) is 3. The van der Waals surface area contributed by atoms with Crippen LogP contribution in [0.5, 0.6) is 0 Å². The molecule has 1 aromatic rings. The van der Waals surface area contributed by atoms with Gasteiger partial charge in [0.1, 0.15) is 6.04 Å². The van der Waals surface area contributed by atoms with Gasteiger partial charge in [-0.05, 0) is 57.5 Å². The zero-order valence-corrected chi connectivity index (χ0v) is 15.9. The molecule has 1 fully saturated rings. The van der Waals surface area contributed by atoms with E-state index >= 15 is 0 Å². The minimum absolute atomic E-state index is 0. The van der Waals surface area contributed by atoms with Crippen LogP contribution in [0.2, 0.25) is 0 Å². The summed E-state index contributed by atoms with van der Waals surface area (Å²) >= 11 is 0. The fourth-order valence-electron chi connectivity index (χ4n) is 2.63. The van der Waals surface area contributed by atoms with Crippen molar-refractivity contribution in [3.8, 4) is 0 Å². The molecule has 3 N–H and O–H groups in total. The SMILES string of the molecule is CCOC(=O)C(C)NC(=O)c1ccc(NC(=O)C2CCCNC2)cc1.Cl. The molecule has 0 spiro atoms. The largest absolute Gasteiger partial charge is 0.464 e. The van der Waals surface area contributed by atoms with Gasteiger partial charge in [-0.15, -0.1) is 12.4 Å². The van der Waals surface area contributed by atoms with Gasteiger partial charge in [0.2, 0.25) is 5.91 Å². The molecule has 1 saturated heterocycles. The molecule has 1 heterocycles. The predicted molar refractivity (Wildman–Crippen MR) is 101 cm³/mol. The first-order valence-electron chi connectivity index (χ1n) is 8.60. The number of hydrogen-bond donors (Lipinski definition) is 3. The number of ether oxygens (including phenoxy) is 1. The van der Waals surface area contributed by atoms with Crippen molar-refractivity contribution >= 4 is 35.9 Å². The van der Waals surface area contributed by atoms with Crippen LogP contribution in [0.15, 0.2) is 24.3 Å². The summed E-state index contributed by atoms with van der Waals surface area (Å²) in [5, 5.41) is 8.66. The molecule has 0 saturated carbocycles. The Bertz CT molecular complexity index is 615. The molecule has 2 rings (SSSR count). The van der Waals surface area contributed by atoms with Crippen LogP contribution < -0.4 is 16.0 Å². The molecule has 0 aliphatic carbocycles. The first kappa shape index (κ1) is 21.9.